The average Bonchev–Trinajstić information content (AvgIpc) is 2.62. The summed E-state index contributed by atoms with van der Waals surface area (Å²) >= 11 is 0. The Morgan fingerprint density at radius 2 is 1.74 bits per heavy atom. The first-order valence-electron chi connectivity index (χ1n) is 7.42. The molecule has 0 atom stereocenters. The monoisotopic (exact) mass is 313 g/mol. The molecule has 0 unspecified atom stereocenters. The van der Waals surface area contributed by atoms with Crippen molar-refractivity contribution in [2.24, 2.45) is 0 Å². The molecule has 2 N–H and O–H groups in total. The van der Waals surface area contributed by atoms with E-state index in [0.717, 1.165) is 21.9 Å². The molecule has 2 aliphatic heterocycles. The molecule has 0 saturated carbocycles. The third kappa shape index (κ3) is 1.77. The third-order valence-electron chi connectivity index (χ3n) is 4.71. The highest BCUT2D eigenvalue weighted by Crippen LogP contribution is 2.52. The summed E-state index contributed by atoms with van der Waals surface area (Å²) in [7, 11) is 0. The number of hydrogen-bond donors (Lipinski definition) is 2. The van der Waals surface area contributed by atoms with Gasteiger partial charge in [-0.1, -0.05) is 0 Å². The van der Waals surface area contributed by atoms with E-state index in [9.17, 15) is 10.0 Å². The quantitative estimate of drug-likeness (QED) is 0.666. The number of rotatable bonds is 0. The number of aromatic amines is 1. The van der Waals surface area contributed by atoms with Gasteiger partial charge in [-0.2, -0.15) is 4.98 Å². The number of nitrogens with one attached hydrogen (secondary N) is 2. The molecule has 7 nitrogen and oxygen atoms in total. The molecule has 0 amide bonds. The summed E-state index contributed by atoms with van der Waals surface area (Å²) < 4.78 is 5.84. The van der Waals surface area contributed by atoms with Crippen LogP contribution in [0.3, 0.4) is 0 Å². The first-order chi connectivity index (χ1) is 10.7. The smallest absolute Gasteiger partial charge is 0.346 e. The number of aromatic nitrogens is 2. The van der Waals surface area contributed by atoms with E-state index in [1.54, 1.807) is 0 Å². The second kappa shape index (κ2) is 4.12. The molecule has 7 heteroatoms. The molecule has 23 heavy (non-hydrogen) atoms. The Morgan fingerprint density at radius 3 is 2.43 bits per heavy atom. The Labute approximate surface area is 132 Å². The van der Waals surface area contributed by atoms with Crippen LogP contribution in [0.15, 0.2) is 23.1 Å². The van der Waals surface area contributed by atoms with Crippen LogP contribution in [0.25, 0.3) is 0 Å². The standard InChI is InChI=1S/C16H17N4O3/c1-15(2)8-5-10-11(6-9(8)16(3,4)20(15)22)23-12-7-17-14(21)19-13(12)18-10/h5-7H,1-4H3,(H2,17,18,19,21). The lowest BCUT2D eigenvalue weighted by molar-refractivity contribution is -0.266. The molecule has 0 saturated heterocycles. The fourth-order valence-corrected chi connectivity index (χ4v) is 3.50. The number of benzene rings is 1. The van der Waals surface area contributed by atoms with Crippen LogP contribution in [0.2, 0.25) is 0 Å². The van der Waals surface area contributed by atoms with Crippen LogP contribution in [-0.4, -0.2) is 15.0 Å². The lowest BCUT2D eigenvalue weighted by Gasteiger charge is -2.32. The predicted octanol–water partition coefficient (Wildman–Crippen LogP) is 2.75. The van der Waals surface area contributed by atoms with E-state index in [-0.39, 0.29) is 0 Å². The number of fused-ring (bicyclic) bond motifs is 3. The fourth-order valence-electron chi connectivity index (χ4n) is 3.50. The average molecular weight is 313 g/mol. The van der Waals surface area contributed by atoms with E-state index >= 15 is 0 Å². The lowest BCUT2D eigenvalue weighted by atomic mass is 9.89. The van der Waals surface area contributed by atoms with Gasteiger partial charge < -0.3 is 10.1 Å². The van der Waals surface area contributed by atoms with Crippen molar-refractivity contribution in [2.45, 2.75) is 38.8 Å². The summed E-state index contributed by atoms with van der Waals surface area (Å²) in [6.45, 7) is 7.62. The fraction of sp³-hybridized carbons (Fsp3) is 0.375. The van der Waals surface area contributed by atoms with E-state index in [0.29, 0.717) is 17.3 Å². The van der Waals surface area contributed by atoms with Crippen molar-refractivity contribution in [1.29, 1.82) is 0 Å². The van der Waals surface area contributed by atoms with E-state index in [1.807, 2.05) is 39.8 Å². The van der Waals surface area contributed by atoms with Crippen molar-refractivity contribution in [1.82, 2.24) is 15.0 Å². The maximum atomic E-state index is 12.7. The molecule has 2 aliphatic rings. The molecule has 0 aliphatic carbocycles. The number of ether oxygens (including phenoxy) is 1. The van der Waals surface area contributed by atoms with Gasteiger partial charge in [-0.05, 0) is 51.0 Å². The van der Waals surface area contributed by atoms with Crippen LogP contribution in [0.5, 0.6) is 11.5 Å². The van der Waals surface area contributed by atoms with Gasteiger partial charge in [0.1, 0.15) is 0 Å². The highest BCUT2D eigenvalue weighted by molar-refractivity contribution is 5.74. The van der Waals surface area contributed by atoms with Gasteiger partial charge in [0.2, 0.25) is 0 Å². The first-order valence-corrected chi connectivity index (χ1v) is 7.42. The number of anilines is 2. The highest BCUT2D eigenvalue weighted by Gasteiger charge is 2.50. The van der Waals surface area contributed by atoms with Gasteiger partial charge in [0.25, 0.3) is 0 Å². The van der Waals surface area contributed by atoms with E-state index in [4.69, 9.17) is 4.74 Å². The van der Waals surface area contributed by atoms with E-state index < -0.39 is 16.8 Å². The van der Waals surface area contributed by atoms with Crippen LogP contribution < -0.4 is 15.7 Å². The minimum Gasteiger partial charge on any atom is -0.450 e. The normalized spacial score (nSPS) is 20.0. The molecule has 1 aromatic carbocycles. The van der Waals surface area contributed by atoms with Gasteiger partial charge in [0.05, 0.1) is 23.0 Å². The minimum absolute atomic E-state index is 0.448. The molecule has 0 bridgehead atoms. The Balaban J connectivity index is 1.90. The SMILES string of the molecule is CC1(C)c2cc3c(cc2C(C)(C)N1[O])Oc1cnc(=O)[nH]c1N3. The summed E-state index contributed by atoms with van der Waals surface area (Å²) in [5, 5.41) is 16.9. The summed E-state index contributed by atoms with van der Waals surface area (Å²) in [4.78, 5) is 17.6. The maximum Gasteiger partial charge on any atom is 0.346 e. The Bertz CT molecular complexity index is 885. The molecule has 1 aromatic heterocycles. The van der Waals surface area contributed by atoms with Gasteiger partial charge in [-0.25, -0.2) is 4.79 Å². The predicted molar refractivity (Wildman–Crippen MR) is 83.2 cm³/mol. The Hall–Kier alpha value is -2.38. The van der Waals surface area contributed by atoms with Crippen molar-refractivity contribution >= 4 is 11.5 Å². The van der Waals surface area contributed by atoms with Crippen LogP contribution >= 0.6 is 0 Å². The molecular formula is C16H17N4O3. The molecular weight excluding hydrogens is 296 g/mol. The Morgan fingerprint density at radius 1 is 1.09 bits per heavy atom. The molecule has 1 radical (unpaired) electrons. The largest absolute Gasteiger partial charge is 0.450 e. The van der Waals surface area contributed by atoms with Crippen LogP contribution in [0, 0.1) is 0 Å². The second-order valence-corrected chi connectivity index (χ2v) is 6.96. The summed E-state index contributed by atoms with van der Waals surface area (Å²) in [6.07, 6.45) is 1.38. The van der Waals surface area contributed by atoms with Crippen molar-refractivity contribution < 1.29 is 9.94 Å². The molecule has 2 aromatic rings. The van der Waals surface area contributed by atoms with Crippen LogP contribution in [-0.2, 0) is 16.3 Å². The molecule has 0 fully saturated rings. The zero-order valence-corrected chi connectivity index (χ0v) is 13.4. The van der Waals surface area contributed by atoms with E-state index in [1.165, 1.54) is 6.20 Å². The van der Waals surface area contributed by atoms with Crippen molar-refractivity contribution in [3.8, 4) is 11.5 Å². The van der Waals surface area contributed by atoms with Gasteiger partial charge >= 0.3 is 5.69 Å². The van der Waals surface area contributed by atoms with Crippen molar-refractivity contribution in [2.75, 3.05) is 5.32 Å². The number of nitrogens with zero attached hydrogens (tertiary/aromatic N) is 2. The lowest BCUT2D eigenvalue weighted by Crippen LogP contribution is -2.41. The number of H-pyrrole nitrogens is 1. The van der Waals surface area contributed by atoms with Gasteiger partial charge in [0, 0.05) is 0 Å². The molecule has 3 heterocycles. The molecule has 0 spiro atoms. The van der Waals surface area contributed by atoms with Gasteiger partial charge in [-0.15, -0.1) is 10.3 Å². The van der Waals surface area contributed by atoms with Gasteiger partial charge in [-0.3, -0.25) is 4.98 Å². The van der Waals surface area contributed by atoms with Gasteiger partial charge in [0.15, 0.2) is 17.3 Å². The summed E-state index contributed by atoms with van der Waals surface area (Å²) in [5.74, 6) is 1.53. The Kier molecular flexibility index (Phi) is 2.55. The molecule has 4 rings (SSSR count). The zero-order valence-electron chi connectivity index (χ0n) is 13.4. The summed E-state index contributed by atoms with van der Waals surface area (Å²) in [5.41, 5.74) is 0.891. The second-order valence-electron chi connectivity index (χ2n) is 6.96. The minimum atomic E-state index is -0.638. The third-order valence-corrected chi connectivity index (χ3v) is 4.71. The van der Waals surface area contributed by atoms with Crippen molar-refractivity contribution in [3.05, 3.63) is 39.9 Å². The topological polar surface area (TPSA) is 90.2 Å². The number of hydrogen-bond acceptors (Lipinski definition) is 5. The molecule has 119 valence electrons. The first kappa shape index (κ1) is 14.2. The van der Waals surface area contributed by atoms with E-state index in [2.05, 4.69) is 15.3 Å². The maximum absolute atomic E-state index is 12.7. The zero-order chi connectivity index (χ0) is 16.6. The highest BCUT2D eigenvalue weighted by atomic mass is 16.5. The van der Waals surface area contributed by atoms with Crippen molar-refractivity contribution in [3.63, 3.8) is 0 Å². The van der Waals surface area contributed by atoms with Crippen LogP contribution in [0.4, 0.5) is 11.5 Å². The van der Waals surface area contributed by atoms with Crippen LogP contribution in [0.1, 0.15) is 38.8 Å². The summed E-state index contributed by atoms with van der Waals surface area (Å²) in [6, 6.07) is 3.82. The number of hydroxylamine groups is 2.